The van der Waals surface area contributed by atoms with Crippen LogP contribution in [0.2, 0.25) is 0 Å². The van der Waals surface area contributed by atoms with E-state index in [9.17, 15) is 14.4 Å². The van der Waals surface area contributed by atoms with Crippen molar-refractivity contribution in [3.8, 4) is 0 Å². The second kappa shape index (κ2) is 34.9. The van der Waals surface area contributed by atoms with Crippen LogP contribution in [0, 0.1) is 5.41 Å². The number of rotatable bonds is 20. The topological polar surface area (TPSA) is 351 Å². The largest absolute Gasteiger partial charge is 0.400 e. The smallest absolute Gasteiger partial charge is 0.242 e. The van der Waals surface area contributed by atoms with Crippen molar-refractivity contribution < 1.29 is 24.3 Å². The van der Waals surface area contributed by atoms with Gasteiger partial charge in [-0.25, -0.2) is 0 Å². The molecule has 0 aliphatic rings. The Bertz CT molecular complexity index is 909. The van der Waals surface area contributed by atoms with E-state index in [0.29, 0.717) is 32.7 Å². The van der Waals surface area contributed by atoms with Crippen molar-refractivity contribution >= 4 is 48.1 Å². The minimum Gasteiger partial charge on any atom is -0.400 e. The predicted molar refractivity (Wildman–Crippen MR) is 182 cm³/mol. The summed E-state index contributed by atoms with van der Waals surface area (Å²) in [6.07, 6.45) is 1.92. The second-order valence-corrected chi connectivity index (χ2v) is 8.60. The Morgan fingerprint density at radius 2 is 1.13 bits per heavy atom. The van der Waals surface area contributed by atoms with E-state index in [4.69, 9.17) is 49.7 Å². The number of aldehydes is 1. The number of hydrogen-bond donors (Lipinski definition) is 11. The molecule has 0 radical (unpaired) electrons. The third kappa shape index (κ3) is 32.3. The van der Waals surface area contributed by atoms with E-state index in [1.54, 1.807) is 26.0 Å². The lowest BCUT2D eigenvalue weighted by Gasteiger charge is -2.29. The Morgan fingerprint density at radius 3 is 1.48 bits per heavy atom. The van der Waals surface area contributed by atoms with Gasteiger partial charge >= 0.3 is 0 Å². The van der Waals surface area contributed by atoms with Crippen molar-refractivity contribution in [2.24, 2.45) is 49.4 Å². The molecule has 268 valence electrons. The number of guanidine groups is 2. The van der Waals surface area contributed by atoms with Crippen LogP contribution >= 0.6 is 0 Å². The highest BCUT2D eigenvalue weighted by molar-refractivity contribution is 5.89. The maximum absolute atomic E-state index is 13.2. The van der Waals surface area contributed by atoms with Crippen molar-refractivity contribution in [2.75, 3.05) is 107 Å². The van der Waals surface area contributed by atoms with Gasteiger partial charge in [0.25, 0.3) is 0 Å². The van der Waals surface area contributed by atoms with Crippen LogP contribution in [0.25, 0.3) is 0 Å². The molecular formula is C25H58N16O5. The molecule has 0 fully saturated rings. The van der Waals surface area contributed by atoms with E-state index in [0.717, 1.165) is 13.4 Å². The molecule has 0 spiro atoms. The highest BCUT2D eigenvalue weighted by atomic mass is 16.2. The number of nitrogens with zero attached hydrogens (tertiary/aromatic N) is 6. The molecule has 0 rings (SSSR count). The average Bonchev–Trinajstić information content (AvgIpc) is 2.99. The molecule has 0 aliphatic heterocycles. The molecule has 0 aromatic heterocycles. The first kappa shape index (κ1) is 48.3. The molecule has 0 atom stereocenters. The van der Waals surface area contributed by atoms with Crippen LogP contribution in [0.3, 0.4) is 0 Å². The van der Waals surface area contributed by atoms with Crippen LogP contribution in [-0.4, -0.2) is 175 Å². The van der Waals surface area contributed by atoms with Crippen molar-refractivity contribution in [3.05, 3.63) is 0 Å². The van der Waals surface area contributed by atoms with Crippen LogP contribution < -0.4 is 50.4 Å². The number of amidine groups is 1. The SMILES string of the molecule is CC=O.CNCC(=N)N.CNCCN(CCN=CN)C(=O)CN(CCN=C(N)N)C(=O)CN(CCN=C(N)N)C(=O)CNC.CO. The highest BCUT2D eigenvalue weighted by Crippen LogP contribution is 2.01. The molecule has 3 amide bonds. The van der Waals surface area contributed by atoms with Gasteiger partial charge in [-0.15, -0.1) is 0 Å². The van der Waals surface area contributed by atoms with Gasteiger partial charge < -0.3 is 75.0 Å². The van der Waals surface area contributed by atoms with Gasteiger partial charge in [-0.3, -0.25) is 34.8 Å². The van der Waals surface area contributed by atoms with Crippen LogP contribution in [0.5, 0.6) is 0 Å². The van der Waals surface area contributed by atoms with E-state index >= 15 is 0 Å². The van der Waals surface area contributed by atoms with Crippen LogP contribution in [0.1, 0.15) is 6.92 Å². The molecule has 21 heteroatoms. The van der Waals surface area contributed by atoms with Gasteiger partial charge in [-0.2, -0.15) is 0 Å². The van der Waals surface area contributed by atoms with Gasteiger partial charge in [0.15, 0.2) is 11.9 Å². The van der Waals surface area contributed by atoms with Crippen LogP contribution in [0.15, 0.2) is 15.0 Å². The predicted octanol–water partition coefficient (Wildman–Crippen LogP) is -6.60. The number of aliphatic imine (C=N–C) groups is 3. The molecule has 0 aromatic carbocycles. The Balaban J connectivity index is -0.000000690. The summed E-state index contributed by atoms with van der Waals surface area (Å²) in [5, 5.41) is 22.1. The molecule has 0 heterocycles. The number of amides is 3. The number of aliphatic hydroxyl groups is 1. The van der Waals surface area contributed by atoms with Gasteiger partial charge in [0.1, 0.15) is 12.1 Å². The molecule has 21 nitrogen and oxygen atoms in total. The summed E-state index contributed by atoms with van der Waals surface area (Å²) in [5.41, 5.74) is 31.7. The van der Waals surface area contributed by atoms with Crippen LogP contribution in [0.4, 0.5) is 0 Å². The summed E-state index contributed by atoms with van der Waals surface area (Å²) in [5.74, 6) is -1.15. The summed E-state index contributed by atoms with van der Waals surface area (Å²) >= 11 is 0. The standard InChI is InChI=1S/C19H41N13O3.C3H9N3.C2H4O.CH4O/c1-25-3-7-30(8-4-27-14-20)16(34)12-32(10-6-29-19(23)24)17(35)13-31(15(33)11-26-2)9-5-28-18(21)22;1-6-2-3(4)5;1-2-3;1-2/h14,25-26H,3-13H2,1-2H3,(H2,20,27)(H4,21,22,28)(H4,23,24,29);6H,2H2,1H3,(H3,4,5);2H,1H3;2H,1H3. The maximum atomic E-state index is 13.2. The molecule has 0 aromatic rings. The quantitative estimate of drug-likeness (QED) is 0.0328. The number of nitrogens with two attached hydrogens (primary N) is 6. The Labute approximate surface area is 271 Å². The molecule has 0 unspecified atom stereocenters. The van der Waals surface area contributed by atoms with Crippen molar-refractivity contribution in [1.29, 1.82) is 5.41 Å². The lowest BCUT2D eigenvalue weighted by atomic mass is 10.3. The Morgan fingerprint density at radius 1 is 0.717 bits per heavy atom. The van der Waals surface area contributed by atoms with E-state index in [1.165, 1.54) is 23.1 Å². The highest BCUT2D eigenvalue weighted by Gasteiger charge is 2.24. The first-order valence-electron chi connectivity index (χ1n) is 14.1. The van der Waals surface area contributed by atoms with Crippen LogP contribution in [-0.2, 0) is 19.2 Å². The van der Waals surface area contributed by atoms with Gasteiger partial charge in [0.05, 0.1) is 52.2 Å². The van der Waals surface area contributed by atoms with Gasteiger partial charge in [-0.1, -0.05) is 0 Å². The summed E-state index contributed by atoms with van der Waals surface area (Å²) < 4.78 is 0. The Kier molecular flexibility index (Phi) is 36.6. The number of aliphatic hydroxyl groups excluding tert-OH is 1. The fourth-order valence-electron chi connectivity index (χ4n) is 3.02. The average molecular weight is 663 g/mol. The van der Waals surface area contributed by atoms with Gasteiger partial charge in [-0.05, 0) is 28.1 Å². The third-order valence-electron chi connectivity index (χ3n) is 4.97. The first-order chi connectivity index (χ1) is 21.8. The monoisotopic (exact) mass is 662 g/mol. The maximum Gasteiger partial charge on any atom is 0.242 e. The summed E-state index contributed by atoms with van der Waals surface area (Å²) in [6.45, 7) is 3.47. The zero-order chi connectivity index (χ0) is 36.3. The van der Waals surface area contributed by atoms with Crippen molar-refractivity contribution in [1.82, 2.24) is 30.7 Å². The lowest BCUT2D eigenvalue weighted by Crippen LogP contribution is -2.50. The second-order valence-electron chi connectivity index (χ2n) is 8.60. The summed E-state index contributed by atoms with van der Waals surface area (Å²) in [7, 11) is 6.13. The molecule has 0 saturated heterocycles. The van der Waals surface area contributed by atoms with Gasteiger partial charge in [0, 0.05) is 39.8 Å². The minimum atomic E-state index is -0.452. The van der Waals surface area contributed by atoms with E-state index < -0.39 is 5.91 Å². The van der Waals surface area contributed by atoms with E-state index in [2.05, 4.69) is 30.9 Å². The number of carbonyl (C=O) groups is 4. The molecular weight excluding hydrogens is 604 g/mol. The minimum absolute atomic E-state index is 0.0154. The van der Waals surface area contributed by atoms with Crippen molar-refractivity contribution in [2.45, 2.75) is 6.92 Å². The normalized spacial score (nSPS) is 9.52. The molecule has 0 bridgehead atoms. The number of carbonyl (C=O) groups excluding carboxylic acids is 4. The van der Waals surface area contributed by atoms with Crippen molar-refractivity contribution in [3.63, 3.8) is 0 Å². The zero-order valence-electron chi connectivity index (χ0n) is 27.9. The molecule has 17 N–H and O–H groups in total. The van der Waals surface area contributed by atoms with E-state index in [-0.39, 0.29) is 75.4 Å². The molecule has 0 saturated carbocycles. The summed E-state index contributed by atoms with van der Waals surface area (Å²) in [6, 6.07) is 0. The molecule has 46 heavy (non-hydrogen) atoms. The van der Waals surface area contributed by atoms with Gasteiger partial charge in [0.2, 0.25) is 17.7 Å². The Hall–Kier alpha value is -4.60. The molecule has 0 aliphatic carbocycles. The number of nitrogens with one attached hydrogen (secondary N) is 4. The lowest BCUT2D eigenvalue weighted by molar-refractivity contribution is -0.143. The fraction of sp³-hybridized carbons (Fsp3) is 0.680. The summed E-state index contributed by atoms with van der Waals surface area (Å²) in [4.78, 5) is 63.4. The first-order valence-corrected chi connectivity index (χ1v) is 14.1. The van der Waals surface area contributed by atoms with E-state index in [1.807, 2.05) is 0 Å². The third-order valence-corrected chi connectivity index (χ3v) is 4.97. The number of hydrogen-bond acceptors (Lipinski definition) is 12. The zero-order valence-corrected chi connectivity index (χ0v) is 27.9. The fourth-order valence-corrected chi connectivity index (χ4v) is 3.02. The number of likely N-dealkylation sites (N-methyl/N-ethyl adjacent to an activating group) is 3.